The number of ether oxygens (including phenoxy) is 1. The zero-order valence-electron chi connectivity index (χ0n) is 15.0. The topological polar surface area (TPSA) is 71.7 Å². The fourth-order valence-corrected chi connectivity index (χ4v) is 3.09. The number of rotatable bonds is 4. The molecule has 1 aromatic heterocycles. The summed E-state index contributed by atoms with van der Waals surface area (Å²) in [6, 6.07) is 16.9. The number of aromatic nitrogens is 2. The second-order valence-electron chi connectivity index (χ2n) is 6.28. The van der Waals surface area contributed by atoms with Crippen LogP contribution in [0.5, 0.6) is 5.75 Å². The average Bonchev–Trinajstić information content (AvgIpc) is 3.24. The lowest BCUT2D eigenvalue weighted by Crippen LogP contribution is -2.49. The molecule has 1 aliphatic rings. The standard InChI is InChI=1S/C20H20N4O3/c1-26-17-9-5-8-16(14-17)19(25)23-10-12-24(13-11-23)20-21-18(27-22-20)15-6-3-2-4-7-15/h2-9,14H,10-13H2,1H3. The van der Waals surface area contributed by atoms with Crippen molar-refractivity contribution in [2.24, 2.45) is 0 Å². The number of benzene rings is 2. The Bertz CT molecular complexity index is 918. The van der Waals surface area contributed by atoms with Crippen LogP contribution in [-0.2, 0) is 0 Å². The summed E-state index contributed by atoms with van der Waals surface area (Å²) in [6.07, 6.45) is 0. The number of piperazine rings is 1. The van der Waals surface area contributed by atoms with E-state index in [1.165, 1.54) is 0 Å². The normalized spacial score (nSPS) is 14.3. The Morgan fingerprint density at radius 3 is 2.56 bits per heavy atom. The van der Waals surface area contributed by atoms with Gasteiger partial charge in [0, 0.05) is 37.3 Å². The molecule has 2 heterocycles. The van der Waals surface area contributed by atoms with Crippen molar-refractivity contribution in [1.29, 1.82) is 0 Å². The SMILES string of the molecule is COc1cccc(C(=O)N2CCN(c3noc(-c4ccccc4)n3)CC2)c1. The molecule has 0 aliphatic carbocycles. The third kappa shape index (κ3) is 3.62. The summed E-state index contributed by atoms with van der Waals surface area (Å²) >= 11 is 0. The molecule has 2 aromatic carbocycles. The number of amides is 1. The molecule has 1 saturated heterocycles. The molecule has 0 unspecified atom stereocenters. The molecule has 1 aliphatic heterocycles. The number of carbonyl (C=O) groups is 1. The van der Waals surface area contributed by atoms with Gasteiger partial charge in [0.1, 0.15) is 5.75 Å². The first-order chi connectivity index (χ1) is 13.2. The van der Waals surface area contributed by atoms with E-state index in [-0.39, 0.29) is 5.91 Å². The van der Waals surface area contributed by atoms with Crippen LogP contribution in [0.2, 0.25) is 0 Å². The maximum atomic E-state index is 12.7. The number of carbonyl (C=O) groups excluding carboxylic acids is 1. The Morgan fingerprint density at radius 1 is 1.04 bits per heavy atom. The quantitative estimate of drug-likeness (QED) is 0.709. The van der Waals surface area contributed by atoms with Crippen molar-refractivity contribution in [1.82, 2.24) is 15.0 Å². The summed E-state index contributed by atoms with van der Waals surface area (Å²) in [7, 11) is 1.59. The molecular weight excluding hydrogens is 344 g/mol. The lowest BCUT2D eigenvalue weighted by molar-refractivity contribution is 0.0745. The smallest absolute Gasteiger partial charge is 0.266 e. The largest absolute Gasteiger partial charge is 0.497 e. The minimum absolute atomic E-state index is 0.00614. The number of methoxy groups -OCH3 is 1. The van der Waals surface area contributed by atoms with Gasteiger partial charge in [-0.05, 0) is 35.5 Å². The zero-order chi connectivity index (χ0) is 18.6. The zero-order valence-corrected chi connectivity index (χ0v) is 15.0. The van der Waals surface area contributed by atoms with Gasteiger partial charge in [0.2, 0.25) is 0 Å². The number of nitrogens with zero attached hydrogens (tertiary/aromatic N) is 4. The van der Waals surface area contributed by atoms with Crippen LogP contribution in [0, 0.1) is 0 Å². The van der Waals surface area contributed by atoms with Crippen molar-refractivity contribution in [2.45, 2.75) is 0 Å². The Morgan fingerprint density at radius 2 is 1.81 bits per heavy atom. The van der Waals surface area contributed by atoms with Crippen molar-refractivity contribution in [2.75, 3.05) is 38.2 Å². The monoisotopic (exact) mass is 364 g/mol. The Balaban J connectivity index is 1.40. The van der Waals surface area contributed by atoms with Gasteiger partial charge in [0.25, 0.3) is 17.7 Å². The second-order valence-corrected chi connectivity index (χ2v) is 6.28. The molecule has 1 fully saturated rings. The fourth-order valence-electron chi connectivity index (χ4n) is 3.09. The number of anilines is 1. The molecular formula is C20H20N4O3. The molecule has 7 nitrogen and oxygen atoms in total. The lowest BCUT2D eigenvalue weighted by atomic mass is 10.1. The maximum absolute atomic E-state index is 12.7. The van der Waals surface area contributed by atoms with Gasteiger partial charge < -0.3 is 19.1 Å². The van der Waals surface area contributed by atoms with Crippen LogP contribution in [0.1, 0.15) is 10.4 Å². The van der Waals surface area contributed by atoms with Crippen LogP contribution in [0.3, 0.4) is 0 Å². The van der Waals surface area contributed by atoms with Crippen LogP contribution >= 0.6 is 0 Å². The number of hydrogen-bond acceptors (Lipinski definition) is 6. The predicted molar refractivity (Wildman–Crippen MR) is 101 cm³/mol. The summed E-state index contributed by atoms with van der Waals surface area (Å²) < 4.78 is 10.6. The van der Waals surface area contributed by atoms with E-state index < -0.39 is 0 Å². The van der Waals surface area contributed by atoms with Gasteiger partial charge in [0.15, 0.2) is 0 Å². The summed E-state index contributed by atoms with van der Waals surface area (Å²) in [5.74, 6) is 1.74. The first kappa shape index (κ1) is 17.1. The van der Waals surface area contributed by atoms with Crippen molar-refractivity contribution in [3.63, 3.8) is 0 Å². The van der Waals surface area contributed by atoms with Crippen LogP contribution in [-0.4, -0.2) is 54.2 Å². The molecule has 0 bridgehead atoms. The molecule has 0 N–H and O–H groups in total. The van der Waals surface area contributed by atoms with E-state index in [0.717, 1.165) is 5.56 Å². The molecule has 0 atom stereocenters. The molecule has 0 spiro atoms. The van der Waals surface area contributed by atoms with E-state index in [1.807, 2.05) is 58.3 Å². The van der Waals surface area contributed by atoms with E-state index in [0.29, 0.717) is 49.3 Å². The van der Waals surface area contributed by atoms with E-state index in [2.05, 4.69) is 10.1 Å². The maximum Gasteiger partial charge on any atom is 0.266 e. The summed E-state index contributed by atoms with van der Waals surface area (Å²) in [4.78, 5) is 21.1. The predicted octanol–water partition coefficient (Wildman–Crippen LogP) is 2.71. The van der Waals surface area contributed by atoms with Crippen molar-refractivity contribution >= 4 is 11.9 Å². The fraction of sp³-hybridized carbons (Fsp3) is 0.250. The van der Waals surface area contributed by atoms with Crippen LogP contribution < -0.4 is 9.64 Å². The molecule has 3 aromatic rings. The van der Waals surface area contributed by atoms with Crippen LogP contribution in [0.15, 0.2) is 59.1 Å². The molecule has 27 heavy (non-hydrogen) atoms. The second kappa shape index (κ2) is 7.49. The summed E-state index contributed by atoms with van der Waals surface area (Å²) in [5, 5.41) is 4.09. The summed E-state index contributed by atoms with van der Waals surface area (Å²) in [6.45, 7) is 2.52. The first-order valence-corrected chi connectivity index (χ1v) is 8.82. The third-order valence-corrected chi connectivity index (χ3v) is 4.60. The Labute approximate surface area is 157 Å². The number of hydrogen-bond donors (Lipinski definition) is 0. The highest BCUT2D eigenvalue weighted by Crippen LogP contribution is 2.21. The summed E-state index contributed by atoms with van der Waals surface area (Å²) in [5.41, 5.74) is 1.52. The lowest BCUT2D eigenvalue weighted by Gasteiger charge is -2.33. The van der Waals surface area contributed by atoms with Crippen molar-refractivity contribution < 1.29 is 14.1 Å². The Kier molecular flexibility index (Phi) is 4.74. The van der Waals surface area contributed by atoms with Crippen molar-refractivity contribution in [3.05, 3.63) is 60.2 Å². The Hall–Kier alpha value is -3.35. The molecule has 4 rings (SSSR count). The highest BCUT2D eigenvalue weighted by atomic mass is 16.5. The third-order valence-electron chi connectivity index (χ3n) is 4.60. The molecule has 1 amide bonds. The van der Waals surface area contributed by atoms with Gasteiger partial charge in [-0.25, -0.2) is 0 Å². The average molecular weight is 364 g/mol. The first-order valence-electron chi connectivity index (χ1n) is 8.82. The van der Waals surface area contributed by atoms with Crippen molar-refractivity contribution in [3.8, 4) is 17.2 Å². The van der Waals surface area contributed by atoms with Gasteiger partial charge in [-0.1, -0.05) is 24.3 Å². The molecule has 138 valence electrons. The van der Waals surface area contributed by atoms with Crippen LogP contribution in [0.4, 0.5) is 5.95 Å². The van der Waals surface area contributed by atoms with E-state index in [4.69, 9.17) is 9.26 Å². The molecule has 7 heteroatoms. The van der Waals surface area contributed by atoms with E-state index in [9.17, 15) is 4.79 Å². The van der Waals surface area contributed by atoms with Gasteiger partial charge in [-0.15, -0.1) is 0 Å². The van der Waals surface area contributed by atoms with Crippen LogP contribution in [0.25, 0.3) is 11.5 Å². The van der Waals surface area contributed by atoms with E-state index in [1.54, 1.807) is 13.2 Å². The minimum atomic E-state index is 0.00614. The van der Waals surface area contributed by atoms with Gasteiger partial charge in [-0.2, -0.15) is 4.98 Å². The van der Waals surface area contributed by atoms with E-state index >= 15 is 0 Å². The highest BCUT2D eigenvalue weighted by molar-refractivity contribution is 5.94. The minimum Gasteiger partial charge on any atom is -0.497 e. The highest BCUT2D eigenvalue weighted by Gasteiger charge is 2.25. The van der Waals surface area contributed by atoms with Gasteiger partial charge in [0.05, 0.1) is 7.11 Å². The molecule has 0 radical (unpaired) electrons. The van der Waals surface area contributed by atoms with Gasteiger partial charge >= 0.3 is 0 Å². The molecule has 0 saturated carbocycles. The van der Waals surface area contributed by atoms with Gasteiger partial charge in [-0.3, -0.25) is 4.79 Å².